The fraction of sp³-hybridized carbons (Fsp3) is 0.652. The first kappa shape index (κ1) is 24.6. The molecule has 158 valence electrons. The number of fused-ring (bicyclic) bond motifs is 1. The van der Waals surface area contributed by atoms with E-state index in [0.29, 0.717) is 24.9 Å². The number of hydrogen-bond donors (Lipinski definition) is 0. The third kappa shape index (κ3) is 6.88. The van der Waals surface area contributed by atoms with Crippen LogP contribution in [0.2, 0.25) is 0 Å². The lowest BCUT2D eigenvalue weighted by atomic mass is 9.80. The number of rotatable bonds is 9. The number of ketones is 1. The molecule has 0 bridgehead atoms. The summed E-state index contributed by atoms with van der Waals surface area (Å²) in [6.07, 6.45) is 2.86. The fourth-order valence-electron chi connectivity index (χ4n) is 3.70. The van der Waals surface area contributed by atoms with Crippen LogP contribution in [0.5, 0.6) is 5.75 Å². The highest BCUT2D eigenvalue weighted by Gasteiger charge is 2.31. The maximum Gasteiger partial charge on any atom is 0.223 e. The van der Waals surface area contributed by atoms with Crippen LogP contribution in [0, 0.1) is 17.8 Å². The molecule has 0 radical (unpaired) electrons. The number of carbonyl (C=O) groups is 2. The van der Waals surface area contributed by atoms with Gasteiger partial charge in [-0.05, 0) is 54.9 Å². The van der Waals surface area contributed by atoms with Crippen molar-refractivity contribution in [1.29, 1.82) is 0 Å². The molecule has 1 aliphatic carbocycles. The molecule has 0 saturated carbocycles. The Hall–Kier alpha value is -1.41. The largest absolute Gasteiger partial charge is 0.494 e. The third-order valence-electron chi connectivity index (χ3n) is 4.89. The lowest BCUT2D eigenvalue weighted by molar-refractivity contribution is -0.133. The first-order valence-electron chi connectivity index (χ1n) is 10.4. The van der Waals surface area contributed by atoms with E-state index in [2.05, 4.69) is 34.6 Å². The van der Waals surface area contributed by atoms with Crippen molar-refractivity contribution in [3.05, 3.63) is 29.3 Å². The molecule has 2 unspecified atom stereocenters. The zero-order valence-electron chi connectivity index (χ0n) is 18.3. The Balaban J connectivity index is 0.00000392. The third-order valence-corrected chi connectivity index (χ3v) is 4.89. The Morgan fingerprint density at radius 1 is 1.18 bits per heavy atom. The van der Waals surface area contributed by atoms with E-state index in [1.807, 2.05) is 23.1 Å². The SMILES string of the molecule is CCCOc1ccc2c(c1)CCC(CC(=O)N(CC(C)C)CC(C)C)C2=O.P. The van der Waals surface area contributed by atoms with E-state index in [1.54, 1.807) is 0 Å². The Kier molecular flexibility index (Phi) is 10.2. The Morgan fingerprint density at radius 2 is 1.82 bits per heavy atom. The molecule has 5 heteroatoms. The molecule has 1 aromatic rings. The van der Waals surface area contributed by atoms with Crippen molar-refractivity contribution in [2.75, 3.05) is 19.7 Å². The summed E-state index contributed by atoms with van der Waals surface area (Å²) >= 11 is 0. The van der Waals surface area contributed by atoms with Gasteiger partial charge in [-0.2, -0.15) is 9.90 Å². The van der Waals surface area contributed by atoms with Gasteiger partial charge in [0.05, 0.1) is 6.61 Å². The zero-order chi connectivity index (χ0) is 20.0. The average molecular weight is 408 g/mol. The summed E-state index contributed by atoms with van der Waals surface area (Å²) in [6.45, 7) is 12.8. The van der Waals surface area contributed by atoms with Gasteiger partial charge < -0.3 is 9.64 Å². The summed E-state index contributed by atoms with van der Waals surface area (Å²) in [6, 6.07) is 5.74. The molecule has 0 aliphatic heterocycles. The van der Waals surface area contributed by atoms with Crippen LogP contribution in [-0.2, 0) is 11.2 Å². The van der Waals surface area contributed by atoms with Crippen molar-refractivity contribution in [2.45, 2.75) is 60.3 Å². The lowest BCUT2D eigenvalue weighted by Gasteiger charge is -2.29. The van der Waals surface area contributed by atoms with Crippen LogP contribution in [0.4, 0.5) is 0 Å². The number of carbonyl (C=O) groups excluding carboxylic acids is 2. The smallest absolute Gasteiger partial charge is 0.223 e. The first-order chi connectivity index (χ1) is 12.8. The van der Waals surface area contributed by atoms with Crippen molar-refractivity contribution < 1.29 is 14.3 Å². The number of Topliss-reactive ketones (excluding diaryl/α,β-unsaturated/α-hetero) is 1. The van der Waals surface area contributed by atoms with Gasteiger partial charge in [-0.3, -0.25) is 9.59 Å². The van der Waals surface area contributed by atoms with Crippen LogP contribution in [0.1, 0.15) is 69.8 Å². The van der Waals surface area contributed by atoms with Crippen LogP contribution < -0.4 is 4.74 Å². The predicted molar refractivity (Wildman–Crippen MR) is 120 cm³/mol. The Bertz CT molecular complexity index is 647. The van der Waals surface area contributed by atoms with Gasteiger partial charge in [0.2, 0.25) is 5.91 Å². The Labute approximate surface area is 174 Å². The van der Waals surface area contributed by atoms with Gasteiger partial charge >= 0.3 is 0 Å². The summed E-state index contributed by atoms with van der Waals surface area (Å²) in [7, 11) is 0. The second kappa shape index (κ2) is 11.6. The highest BCUT2D eigenvalue weighted by molar-refractivity contribution is 6.92. The van der Waals surface area contributed by atoms with Crippen molar-refractivity contribution in [3.63, 3.8) is 0 Å². The number of amides is 1. The molecular formula is C23H38NO3P. The number of hydrogen-bond acceptors (Lipinski definition) is 3. The van der Waals surface area contributed by atoms with E-state index in [0.717, 1.165) is 49.2 Å². The molecule has 0 spiro atoms. The zero-order valence-corrected chi connectivity index (χ0v) is 19.7. The number of aryl methyl sites for hydroxylation is 1. The molecule has 1 aliphatic rings. The summed E-state index contributed by atoms with van der Waals surface area (Å²) in [5.74, 6) is 1.71. The van der Waals surface area contributed by atoms with Gasteiger partial charge in [0, 0.05) is 31.0 Å². The molecule has 0 heterocycles. The average Bonchev–Trinajstić information content (AvgIpc) is 2.60. The molecule has 2 atom stereocenters. The van der Waals surface area contributed by atoms with Gasteiger partial charge in [0.1, 0.15) is 5.75 Å². The minimum absolute atomic E-state index is 0. The first-order valence-corrected chi connectivity index (χ1v) is 10.4. The fourth-order valence-corrected chi connectivity index (χ4v) is 3.70. The molecule has 2 rings (SSSR count). The maximum atomic E-state index is 12.9. The summed E-state index contributed by atoms with van der Waals surface area (Å²) in [5, 5.41) is 0. The van der Waals surface area contributed by atoms with Crippen molar-refractivity contribution in [2.24, 2.45) is 17.8 Å². The maximum absolute atomic E-state index is 12.9. The van der Waals surface area contributed by atoms with Gasteiger partial charge in [0.25, 0.3) is 0 Å². The topological polar surface area (TPSA) is 46.6 Å². The van der Waals surface area contributed by atoms with Crippen LogP contribution in [-0.4, -0.2) is 36.3 Å². The molecule has 1 aromatic carbocycles. The quantitative estimate of drug-likeness (QED) is 0.552. The molecule has 0 fully saturated rings. The van der Waals surface area contributed by atoms with Crippen LogP contribution in [0.15, 0.2) is 18.2 Å². The molecule has 4 nitrogen and oxygen atoms in total. The second-order valence-electron chi connectivity index (χ2n) is 8.56. The van der Waals surface area contributed by atoms with Gasteiger partial charge in [-0.25, -0.2) is 0 Å². The highest BCUT2D eigenvalue weighted by Crippen LogP contribution is 2.31. The highest BCUT2D eigenvalue weighted by atomic mass is 31.0. The Morgan fingerprint density at radius 3 is 2.39 bits per heavy atom. The lowest BCUT2D eigenvalue weighted by Crippen LogP contribution is -2.39. The summed E-state index contributed by atoms with van der Waals surface area (Å²) in [5.41, 5.74) is 1.82. The van der Waals surface area contributed by atoms with Crippen molar-refractivity contribution in [3.8, 4) is 5.75 Å². The van der Waals surface area contributed by atoms with Crippen LogP contribution >= 0.6 is 9.90 Å². The van der Waals surface area contributed by atoms with E-state index >= 15 is 0 Å². The standard InChI is InChI=1S/C23H35NO3.H3P/c1-6-11-27-20-9-10-21-18(12-20)7-8-19(23(21)26)13-22(25)24(14-16(2)3)15-17(4)5;/h9-10,12,16-17,19H,6-8,11,13-15H2,1-5H3;1H3. The van der Waals surface area contributed by atoms with Crippen molar-refractivity contribution >= 4 is 21.6 Å². The van der Waals surface area contributed by atoms with E-state index < -0.39 is 0 Å². The van der Waals surface area contributed by atoms with Crippen LogP contribution in [0.25, 0.3) is 0 Å². The molecule has 1 amide bonds. The number of ether oxygens (including phenoxy) is 1. The minimum atomic E-state index is -0.200. The van der Waals surface area contributed by atoms with Crippen molar-refractivity contribution in [1.82, 2.24) is 4.90 Å². The molecule has 28 heavy (non-hydrogen) atoms. The van der Waals surface area contributed by atoms with E-state index in [9.17, 15) is 9.59 Å². The van der Waals surface area contributed by atoms with E-state index in [-0.39, 0.29) is 27.5 Å². The monoisotopic (exact) mass is 407 g/mol. The normalized spacial score (nSPS) is 16.0. The van der Waals surface area contributed by atoms with Crippen LogP contribution in [0.3, 0.4) is 0 Å². The van der Waals surface area contributed by atoms with Gasteiger partial charge in [-0.1, -0.05) is 34.6 Å². The molecule has 0 aromatic heterocycles. The molecule has 0 N–H and O–H groups in total. The van der Waals surface area contributed by atoms with Gasteiger partial charge in [0.15, 0.2) is 5.78 Å². The molecule has 0 saturated heterocycles. The van der Waals surface area contributed by atoms with Gasteiger partial charge in [-0.15, -0.1) is 0 Å². The van der Waals surface area contributed by atoms with E-state index in [4.69, 9.17) is 4.74 Å². The number of benzene rings is 1. The summed E-state index contributed by atoms with van der Waals surface area (Å²) in [4.78, 5) is 27.7. The summed E-state index contributed by atoms with van der Waals surface area (Å²) < 4.78 is 5.68. The number of nitrogens with zero attached hydrogens (tertiary/aromatic N) is 1. The molecular weight excluding hydrogens is 369 g/mol. The predicted octanol–water partition coefficient (Wildman–Crippen LogP) is 4.81. The minimum Gasteiger partial charge on any atom is -0.494 e. The van der Waals surface area contributed by atoms with E-state index in [1.165, 1.54) is 0 Å². The second-order valence-corrected chi connectivity index (χ2v) is 8.56.